The molecule has 0 saturated carbocycles. The van der Waals surface area contributed by atoms with Gasteiger partial charge in [0.05, 0.1) is 0 Å². The van der Waals surface area contributed by atoms with Crippen LogP contribution in [0.5, 0.6) is 0 Å². The zero-order valence-corrected chi connectivity index (χ0v) is 7.48. The van der Waals surface area contributed by atoms with Gasteiger partial charge in [0.25, 0.3) is 0 Å². The summed E-state index contributed by atoms with van der Waals surface area (Å²) in [5, 5.41) is 0. The molecule has 0 N–H and O–H groups in total. The fourth-order valence-electron chi connectivity index (χ4n) is 0.249. The van der Waals surface area contributed by atoms with Crippen molar-refractivity contribution in [1.82, 2.24) is 0 Å². The van der Waals surface area contributed by atoms with E-state index in [9.17, 15) is 9.59 Å². The molecule has 0 radical (unpaired) electrons. The Bertz CT molecular complexity index is 95.0. The molecule has 0 aromatic carbocycles. The molecule has 3 heteroatoms. The number of Topliss-reactive ketones (excluding diaryl/α,β-unsaturated/α-hetero) is 1. The molecule has 0 aromatic heterocycles. The van der Waals surface area contributed by atoms with Gasteiger partial charge >= 0.3 is 60.1 Å². The first-order valence-electron chi connectivity index (χ1n) is 2.37. The molecular weight excluding hydrogens is 183 g/mol. The van der Waals surface area contributed by atoms with Crippen molar-refractivity contribution in [2.45, 2.75) is 18.0 Å². The molecule has 0 heterocycles. The Morgan fingerprint density at radius 3 is 2.00 bits per heavy atom. The van der Waals surface area contributed by atoms with Gasteiger partial charge in [0.1, 0.15) is 0 Å². The molecule has 0 saturated heterocycles. The Hall–Kier alpha value is 0.223. The third kappa shape index (κ3) is 6.22. The number of ketones is 1. The third-order valence-corrected chi connectivity index (χ3v) is 3.47. The average molecular weight is 191 g/mol. The summed E-state index contributed by atoms with van der Waals surface area (Å²) < 4.78 is 0.822. The van der Waals surface area contributed by atoms with Crippen LogP contribution in [0.15, 0.2) is 0 Å². The van der Waals surface area contributed by atoms with Crippen molar-refractivity contribution in [3.8, 4) is 0 Å². The first-order chi connectivity index (χ1) is 3.63. The first-order valence-corrected chi connectivity index (χ1v) is 5.33. The second-order valence-electron chi connectivity index (χ2n) is 1.61. The summed E-state index contributed by atoms with van der Waals surface area (Å²) in [7, 11) is 0. The zero-order valence-electron chi connectivity index (χ0n) is 5.02. The molecule has 0 aliphatic rings. The monoisotopic (exact) mass is 190 g/mol. The number of rotatable bonds is 3. The van der Waals surface area contributed by atoms with Gasteiger partial charge in [-0.05, 0) is 0 Å². The zero-order chi connectivity index (χ0) is 6.57. The Morgan fingerprint density at radius 2 is 1.88 bits per heavy atom. The summed E-state index contributed by atoms with van der Waals surface area (Å²) in [6, 6.07) is 0. The summed E-state index contributed by atoms with van der Waals surface area (Å²) in [4.78, 5) is 20.5. The average Bonchev–Trinajstić information content (AvgIpc) is 1.61. The molecule has 8 heavy (non-hydrogen) atoms. The molecule has 44 valence electrons. The van der Waals surface area contributed by atoms with Crippen LogP contribution in [0.2, 0.25) is 4.13 Å². The van der Waals surface area contributed by atoms with E-state index in [-0.39, 0.29) is 9.27 Å². The Balaban J connectivity index is 3.18. The van der Waals surface area contributed by atoms with Crippen molar-refractivity contribution in [1.29, 1.82) is 0 Å². The normalized spacial score (nSPS) is 8.25. The van der Waals surface area contributed by atoms with E-state index in [0.717, 1.165) is 0 Å². The van der Waals surface area contributed by atoms with Crippen LogP contribution in [-0.2, 0) is 32.8 Å². The molecule has 0 atom stereocenters. The molecule has 0 bridgehead atoms. The number of carbonyl (C=O) groups is 2. The van der Waals surface area contributed by atoms with Crippen LogP contribution in [0.4, 0.5) is 0 Å². The fraction of sp³-hybridized carbons (Fsp3) is 0.600. The van der Waals surface area contributed by atoms with Crippen LogP contribution < -0.4 is 0 Å². The Labute approximate surface area is 60.2 Å². The van der Waals surface area contributed by atoms with Crippen LogP contribution in [0.1, 0.15) is 13.8 Å². The number of hydrogen-bond acceptors (Lipinski definition) is 2. The molecule has 0 spiro atoms. The summed E-state index contributed by atoms with van der Waals surface area (Å²) in [6.07, 6.45) is 0. The molecule has 0 fully saturated rings. The fourth-order valence-corrected chi connectivity index (χ4v) is 1.47. The quantitative estimate of drug-likeness (QED) is 0.655. The van der Waals surface area contributed by atoms with Gasteiger partial charge in [-0.2, -0.15) is 0 Å². The molecule has 0 aliphatic heterocycles. The first kappa shape index (κ1) is 8.22. The number of carbonyl (C=O) groups excluding carboxylic acids is 2. The summed E-state index contributed by atoms with van der Waals surface area (Å²) in [5.74, 6) is 0.159. The van der Waals surface area contributed by atoms with E-state index in [0.29, 0.717) is 4.13 Å². The molecule has 0 aliphatic carbocycles. The van der Waals surface area contributed by atoms with Gasteiger partial charge in [0.15, 0.2) is 0 Å². The van der Waals surface area contributed by atoms with Crippen LogP contribution in [-0.4, -0.2) is 9.27 Å². The van der Waals surface area contributed by atoms with Gasteiger partial charge in [0.2, 0.25) is 0 Å². The van der Waals surface area contributed by atoms with Crippen LogP contribution >= 0.6 is 0 Å². The van der Waals surface area contributed by atoms with E-state index in [2.05, 4.69) is 0 Å². The summed E-state index contributed by atoms with van der Waals surface area (Å²) in [5.41, 5.74) is 0. The van der Waals surface area contributed by atoms with Gasteiger partial charge in [-0.15, -0.1) is 0 Å². The predicted molar refractivity (Wildman–Crippen MR) is 26.2 cm³/mol. The van der Waals surface area contributed by atoms with Crippen molar-refractivity contribution in [3.63, 3.8) is 0 Å². The van der Waals surface area contributed by atoms with Gasteiger partial charge in [-0.25, -0.2) is 0 Å². The molecule has 0 amide bonds. The SMILES string of the molecule is CC(=O)[CH2][Zr][C](C)=O. The third-order valence-electron chi connectivity index (χ3n) is 0.586. The van der Waals surface area contributed by atoms with E-state index in [4.69, 9.17) is 0 Å². The minimum absolute atomic E-state index is 0.159. The maximum atomic E-state index is 10.3. The van der Waals surface area contributed by atoms with Crippen LogP contribution in [0.25, 0.3) is 0 Å². The second kappa shape index (κ2) is 4.14. The van der Waals surface area contributed by atoms with E-state index >= 15 is 0 Å². The predicted octanol–water partition coefficient (Wildman–Crippen LogP) is 0.623. The van der Waals surface area contributed by atoms with E-state index in [1.54, 1.807) is 6.92 Å². The van der Waals surface area contributed by atoms with Crippen molar-refractivity contribution >= 4 is 9.27 Å². The van der Waals surface area contributed by atoms with Crippen molar-refractivity contribution < 1.29 is 32.8 Å². The Morgan fingerprint density at radius 1 is 1.38 bits per heavy atom. The van der Waals surface area contributed by atoms with E-state index < -0.39 is 23.2 Å². The number of hydrogen-bond donors (Lipinski definition) is 0. The molecule has 2 nitrogen and oxygen atoms in total. The Kier molecular flexibility index (Phi) is 4.25. The van der Waals surface area contributed by atoms with Gasteiger partial charge in [0, 0.05) is 0 Å². The maximum absolute atomic E-state index is 10.3. The molecule has 0 unspecified atom stereocenters. The summed E-state index contributed by atoms with van der Waals surface area (Å²) in [6.45, 7) is 3.10. The second-order valence-corrected chi connectivity index (χ2v) is 5.08. The van der Waals surface area contributed by atoms with E-state index in [1.807, 2.05) is 0 Å². The van der Waals surface area contributed by atoms with Crippen molar-refractivity contribution in [2.24, 2.45) is 0 Å². The molecule has 0 rings (SSSR count). The topological polar surface area (TPSA) is 34.1 Å². The molecule has 0 aromatic rings. The molecular formula is C5H8O2Zr. The van der Waals surface area contributed by atoms with Gasteiger partial charge in [-0.3, -0.25) is 0 Å². The minimum atomic E-state index is -0.934. The van der Waals surface area contributed by atoms with Crippen LogP contribution in [0, 0.1) is 0 Å². The van der Waals surface area contributed by atoms with Crippen molar-refractivity contribution in [2.75, 3.05) is 0 Å². The standard InChI is InChI=1S/C3H5O.C2H3O.Zr/c1-3(2)4;1-2-3;/h1H2,2H3;1H3;. The van der Waals surface area contributed by atoms with Crippen LogP contribution in [0.3, 0.4) is 0 Å². The van der Waals surface area contributed by atoms with Gasteiger partial charge < -0.3 is 0 Å². The van der Waals surface area contributed by atoms with E-state index in [1.165, 1.54) is 6.92 Å². The van der Waals surface area contributed by atoms with Gasteiger partial charge in [-0.1, -0.05) is 0 Å². The summed E-state index contributed by atoms with van der Waals surface area (Å²) >= 11 is -0.934. The van der Waals surface area contributed by atoms with Crippen molar-refractivity contribution in [3.05, 3.63) is 0 Å².